The molecule has 0 bridgehead atoms. The van der Waals surface area contributed by atoms with E-state index in [0.29, 0.717) is 0 Å². The quantitative estimate of drug-likeness (QED) is 0.673. The first-order valence-electron chi connectivity index (χ1n) is 3.51. The minimum Gasteiger partial charge on any atom is -0.329 e. The number of rotatable bonds is 2. The molecule has 0 saturated heterocycles. The Bertz CT molecular complexity index is 107. The molecule has 0 aromatic carbocycles. The Balaban J connectivity index is 0. The van der Waals surface area contributed by atoms with Crippen molar-refractivity contribution < 1.29 is 0 Å². The van der Waals surface area contributed by atoms with E-state index in [2.05, 4.69) is 17.1 Å². The summed E-state index contributed by atoms with van der Waals surface area (Å²) in [6.45, 7) is 4.11. The van der Waals surface area contributed by atoms with Gasteiger partial charge in [0.05, 0.1) is 0 Å². The number of hydrogen-bond donors (Lipinski definition) is 1. The monoisotopic (exact) mass is 198 g/mol. The summed E-state index contributed by atoms with van der Waals surface area (Å²) in [5.41, 5.74) is 5.39. The van der Waals surface area contributed by atoms with Gasteiger partial charge in [-0.2, -0.15) is 0 Å². The Kier molecular flexibility index (Phi) is 10.5. The van der Waals surface area contributed by atoms with E-state index in [-0.39, 0.29) is 24.8 Å². The molecule has 2 nitrogen and oxygen atoms in total. The minimum atomic E-state index is 0. The summed E-state index contributed by atoms with van der Waals surface area (Å²) in [5, 5.41) is 0. The lowest BCUT2D eigenvalue weighted by Crippen LogP contribution is -2.32. The zero-order valence-electron chi connectivity index (χ0n) is 6.53. The van der Waals surface area contributed by atoms with Crippen LogP contribution in [0.3, 0.4) is 0 Å². The second kappa shape index (κ2) is 8.34. The molecule has 68 valence electrons. The van der Waals surface area contributed by atoms with Gasteiger partial charge in [-0.25, -0.2) is 0 Å². The van der Waals surface area contributed by atoms with Gasteiger partial charge in [-0.1, -0.05) is 12.2 Å². The summed E-state index contributed by atoms with van der Waals surface area (Å²) >= 11 is 0. The highest BCUT2D eigenvalue weighted by Crippen LogP contribution is 1.98. The SMILES string of the molecule is Cl.Cl.NCCN1CC=CCC1. The Morgan fingerprint density at radius 3 is 2.45 bits per heavy atom. The van der Waals surface area contributed by atoms with Crippen molar-refractivity contribution in [3.05, 3.63) is 12.2 Å². The van der Waals surface area contributed by atoms with E-state index < -0.39 is 0 Å². The third kappa shape index (κ3) is 5.50. The first-order valence-corrected chi connectivity index (χ1v) is 3.51. The van der Waals surface area contributed by atoms with E-state index in [1.54, 1.807) is 0 Å². The first-order chi connectivity index (χ1) is 4.43. The number of hydrogen-bond acceptors (Lipinski definition) is 2. The Labute approximate surface area is 80.6 Å². The lowest BCUT2D eigenvalue weighted by atomic mass is 10.2. The fraction of sp³-hybridized carbons (Fsp3) is 0.714. The third-order valence-electron chi connectivity index (χ3n) is 1.59. The molecule has 0 aliphatic carbocycles. The van der Waals surface area contributed by atoms with E-state index in [0.717, 1.165) is 19.6 Å². The van der Waals surface area contributed by atoms with Crippen LogP contribution in [0.15, 0.2) is 12.2 Å². The lowest BCUT2D eigenvalue weighted by Gasteiger charge is -2.21. The minimum absolute atomic E-state index is 0. The van der Waals surface area contributed by atoms with Gasteiger partial charge < -0.3 is 5.73 Å². The highest BCUT2D eigenvalue weighted by Gasteiger charge is 2.02. The molecule has 0 aromatic heterocycles. The highest BCUT2D eigenvalue weighted by atomic mass is 35.5. The molecular weight excluding hydrogens is 183 g/mol. The van der Waals surface area contributed by atoms with Gasteiger partial charge in [-0.15, -0.1) is 24.8 Å². The van der Waals surface area contributed by atoms with Crippen LogP contribution in [0.2, 0.25) is 0 Å². The largest absolute Gasteiger partial charge is 0.329 e. The molecule has 2 N–H and O–H groups in total. The maximum absolute atomic E-state index is 5.39. The van der Waals surface area contributed by atoms with Crippen LogP contribution in [0.1, 0.15) is 6.42 Å². The van der Waals surface area contributed by atoms with E-state index in [9.17, 15) is 0 Å². The summed E-state index contributed by atoms with van der Waals surface area (Å²) in [6, 6.07) is 0. The van der Waals surface area contributed by atoms with Crippen molar-refractivity contribution in [2.45, 2.75) is 6.42 Å². The van der Waals surface area contributed by atoms with Crippen LogP contribution >= 0.6 is 24.8 Å². The van der Waals surface area contributed by atoms with Gasteiger partial charge in [0, 0.05) is 26.2 Å². The van der Waals surface area contributed by atoms with E-state index in [4.69, 9.17) is 5.73 Å². The standard InChI is InChI=1S/C7H14N2.2ClH/c8-4-7-9-5-2-1-3-6-9;;/h1-2H,3-8H2;2*1H. The van der Waals surface area contributed by atoms with Gasteiger partial charge in [0.15, 0.2) is 0 Å². The van der Waals surface area contributed by atoms with Crippen LogP contribution < -0.4 is 5.73 Å². The van der Waals surface area contributed by atoms with Crippen molar-refractivity contribution in [3.63, 3.8) is 0 Å². The molecule has 11 heavy (non-hydrogen) atoms. The molecule has 0 amide bonds. The molecule has 0 saturated carbocycles. The Hall–Kier alpha value is 0.240. The topological polar surface area (TPSA) is 29.3 Å². The third-order valence-corrected chi connectivity index (χ3v) is 1.59. The van der Waals surface area contributed by atoms with Crippen molar-refractivity contribution in [1.82, 2.24) is 4.90 Å². The van der Waals surface area contributed by atoms with Crippen molar-refractivity contribution in [2.75, 3.05) is 26.2 Å². The summed E-state index contributed by atoms with van der Waals surface area (Å²) < 4.78 is 0. The van der Waals surface area contributed by atoms with Crippen LogP contribution in [0.25, 0.3) is 0 Å². The zero-order valence-corrected chi connectivity index (χ0v) is 8.16. The first kappa shape index (κ1) is 13.8. The molecule has 0 fully saturated rings. The van der Waals surface area contributed by atoms with Crippen molar-refractivity contribution in [1.29, 1.82) is 0 Å². The molecule has 1 aliphatic heterocycles. The zero-order chi connectivity index (χ0) is 6.53. The van der Waals surface area contributed by atoms with Crippen molar-refractivity contribution >= 4 is 24.8 Å². The van der Waals surface area contributed by atoms with Gasteiger partial charge in [0.2, 0.25) is 0 Å². The lowest BCUT2D eigenvalue weighted by molar-refractivity contribution is 0.307. The molecule has 0 spiro atoms. The molecule has 1 aliphatic rings. The van der Waals surface area contributed by atoms with E-state index in [1.807, 2.05) is 0 Å². The average molecular weight is 199 g/mol. The summed E-state index contributed by atoms with van der Waals surface area (Å²) in [5.74, 6) is 0. The van der Waals surface area contributed by atoms with Gasteiger partial charge in [0.25, 0.3) is 0 Å². The fourth-order valence-electron chi connectivity index (χ4n) is 1.08. The molecule has 0 atom stereocenters. The van der Waals surface area contributed by atoms with E-state index in [1.165, 1.54) is 13.0 Å². The van der Waals surface area contributed by atoms with Crippen LogP contribution in [0.4, 0.5) is 0 Å². The van der Waals surface area contributed by atoms with Gasteiger partial charge in [0.1, 0.15) is 0 Å². The smallest absolute Gasteiger partial charge is 0.0163 e. The van der Waals surface area contributed by atoms with Gasteiger partial charge in [-0.05, 0) is 6.42 Å². The molecule has 0 radical (unpaired) electrons. The van der Waals surface area contributed by atoms with Crippen LogP contribution in [0.5, 0.6) is 0 Å². The summed E-state index contributed by atoms with van der Waals surface area (Å²) in [7, 11) is 0. The molecule has 4 heteroatoms. The van der Waals surface area contributed by atoms with Gasteiger partial charge >= 0.3 is 0 Å². The Morgan fingerprint density at radius 1 is 1.27 bits per heavy atom. The molecule has 0 aromatic rings. The summed E-state index contributed by atoms with van der Waals surface area (Å²) in [6.07, 6.45) is 5.63. The summed E-state index contributed by atoms with van der Waals surface area (Å²) in [4.78, 5) is 2.36. The Morgan fingerprint density at radius 2 is 2.00 bits per heavy atom. The molecule has 0 unspecified atom stereocenters. The fourth-order valence-corrected chi connectivity index (χ4v) is 1.08. The second-order valence-electron chi connectivity index (χ2n) is 2.35. The predicted molar refractivity (Wildman–Crippen MR) is 53.7 cm³/mol. The molecule has 1 heterocycles. The van der Waals surface area contributed by atoms with Crippen LogP contribution in [-0.2, 0) is 0 Å². The number of halogens is 2. The second-order valence-corrected chi connectivity index (χ2v) is 2.35. The maximum Gasteiger partial charge on any atom is 0.0163 e. The van der Waals surface area contributed by atoms with E-state index >= 15 is 0 Å². The highest BCUT2D eigenvalue weighted by molar-refractivity contribution is 5.85. The van der Waals surface area contributed by atoms with Crippen molar-refractivity contribution in [3.8, 4) is 0 Å². The molecular formula is C7H16Cl2N2. The van der Waals surface area contributed by atoms with Crippen LogP contribution in [0, 0.1) is 0 Å². The number of nitrogens with two attached hydrogens (primary N) is 1. The maximum atomic E-state index is 5.39. The van der Waals surface area contributed by atoms with Crippen molar-refractivity contribution in [2.24, 2.45) is 5.73 Å². The van der Waals surface area contributed by atoms with Gasteiger partial charge in [-0.3, -0.25) is 4.90 Å². The van der Waals surface area contributed by atoms with Crippen LogP contribution in [-0.4, -0.2) is 31.1 Å². The normalized spacial score (nSPS) is 16.8. The number of nitrogens with zero attached hydrogens (tertiary/aromatic N) is 1. The predicted octanol–water partition coefficient (Wildman–Crippen LogP) is 1.05. The average Bonchev–Trinajstić information content (AvgIpc) is 1.91. The molecule has 1 rings (SSSR count).